The molecule has 0 unspecified atom stereocenters. The summed E-state index contributed by atoms with van der Waals surface area (Å²) in [6.45, 7) is -0.146. The number of aromatic nitrogens is 3. The van der Waals surface area contributed by atoms with E-state index in [4.69, 9.17) is 33.2 Å². The van der Waals surface area contributed by atoms with Gasteiger partial charge in [0.15, 0.2) is 0 Å². The number of H-pyrrole nitrogens is 1. The van der Waals surface area contributed by atoms with Crippen LogP contribution in [0.5, 0.6) is 0 Å². The van der Waals surface area contributed by atoms with Gasteiger partial charge in [0.05, 0.1) is 35.8 Å². The molecule has 0 saturated heterocycles. The van der Waals surface area contributed by atoms with Gasteiger partial charge >= 0.3 is 0 Å². The molecule has 1 amide bonds. The molecule has 10 nitrogen and oxygen atoms in total. The van der Waals surface area contributed by atoms with Crippen molar-refractivity contribution in [1.82, 2.24) is 20.3 Å². The second kappa shape index (κ2) is 10.8. The fourth-order valence-corrected chi connectivity index (χ4v) is 4.26. The zero-order chi connectivity index (χ0) is 26.6. The molecule has 0 aliphatic rings. The minimum absolute atomic E-state index is 0.146. The molecule has 190 valence electrons. The molecule has 2 aromatic carbocycles. The van der Waals surface area contributed by atoms with E-state index in [1.165, 1.54) is 18.3 Å². The minimum atomic E-state index is -0.815. The molecule has 0 fully saturated rings. The summed E-state index contributed by atoms with van der Waals surface area (Å²) in [5.41, 5.74) is 11.7. The lowest BCUT2D eigenvalue weighted by Crippen LogP contribution is -2.30. The number of nitrogens with zero attached hydrogens (tertiary/aromatic N) is 5. The molecule has 0 spiro atoms. The standard InChI is InChI=1S/C25H17Cl2FN8O2/c26-16-5-14(6-17(28)9-16)21(12-32-36-29)34-24(37)20-8-15(10-30-20)23-19(27)11-31-25(35-23)33-18-1-2-22-13(7-18)3-4-38-22/h1-11,21,30H,12H2,(H,34,37)(H,31,33,35)/t21-/m1/s1. The van der Waals surface area contributed by atoms with E-state index in [0.717, 1.165) is 22.7 Å². The number of rotatable bonds is 8. The molecular weight excluding hydrogens is 534 g/mol. The highest BCUT2D eigenvalue weighted by Crippen LogP contribution is 2.29. The summed E-state index contributed by atoms with van der Waals surface area (Å²) in [7, 11) is 0. The molecule has 5 aromatic rings. The van der Waals surface area contributed by atoms with Crippen molar-refractivity contribution in [2.75, 3.05) is 11.9 Å². The Hall–Kier alpha value is -4.57. The third kappa shape index (κ3) is 5.55. The number of benzene rings is 2. The molecule has 3 heterocycles. The molecule has 3 aromatic heterocycles. The van der Waals surface area contributed by atoms with Gasteiger partial charge < -0.3 is 20.0 Å². The second-order valence-corrected chi connectivity index (χ2v) is 8.98. The largest absolute Gasteiger partial charge is 0.464 e. The Labute approximate surface area is 224 Å². The number of hydrogen-bond donors (Lipinski definition) is 3. The molecule has 0 aliphatic heterocycles. The molecule has 0 aliphatic carbocycles. The fraction of sp³-hybridized carbons (Fsp3) is 0.0800. The van der Waals surface area contributed by atoms with Crippen LogP contribution in [0.2, 0.25) is 10.0 Å². The predicted molar refractivity (Wildman–Crippen MR) is 142 cm³/mol. The smallest absolute Gasteiger partial charge is 0.268 e. The number of nitrogens with one attached hydrogen (secondary N) is 3. The minimum Gasteiger partial charge on any atom is -0.464 e. The maximum absolute atomic E-state index is 13.9. The number of hydrogen-bond acceptors (Lipinski definition) is 6. The molecule has 1 atom stereocenters. The first-order valence-corrected chi connectivity index (χ1v) is 11.9. The van der Waals surface area contributed by atoms with Gasteiger partial charge in [0, 0.05) is 32.8 Å². The maximum atomic E-state index is 13.9. The summed E-state index contributed by atoms with van der Waals surface area (Å²) in [5.74, 6) is -0.800. The van der Waals surface area contributed by atoms with Crippen molar-refractivity contribution in [3.8, 4) is 11.3 Å². The second-order valence-electron chi connectivity index (χ2n) is 8.13. The van der Waals surface area contributed by atoms with E-state index in [2.05, 4.69) is 35.6 Å². The summed E-state index contributed by atoms with van der Waals surface area (Å²) >= 11 is 12.3. The van der Waals surface area contributed by atoms with E-state index in [1.54, 1.807) is 18.5 Å². The Balaban J connectivity index is 1.36. The van der Waals surface area contributed by atoms with E-state index in [-0.39, 0.29) is 22.3 Å². The van der Waals surface area contributed by atoms with E-state index < -0.39 is 17.8 Å². The van der Waals surface area contributed by atoms with Gasteiger partial charge in [0.2, 0.25) is 5.95 Å². The number of anilines is 2. The highest BCUT2D eigenvalue weighted by molar-refractivity contribution is 6.33. The predicted octanol–water partition coefficient (Wildman–Crippen LogP) is 7.19. The highest BCUT2D eigenvalue weighted by atomic mass is 35.5. The number of aromatic amines is 1. The van der Waals surface area contributed by atoms with Crippen LogP contribution in [0.25, 0.3) is 32.7 Å². The average molecular weight is 551 g/mol. The number of carbonyl (C=O) groups excluding carboxylic acids is 1. The third-order valence-corrected chi connectivity index (χ3v) is 6.07. The number of furan rings is 1. The maximum Gasteiger partial charge on any atom is 0.268 e. The van der Waals surface area contributed by atoms with E-state index >= 15 is 0 Å². The highest BCUT2D eigenvalue weighted by Gasteiger charge is 2.19. The van der Waals surface area contributed by atoms with E-state index in [0.29, 0.717) is 22.8 Å². The summed E-state index contributed by atoms with van der Waals surface area (Å²) in [4.78, 5) is 27.4. The quantitative estimate of drug-likeness (QED) is 0.106. The normalized spacial score (nSPS) is 11.7. The van der Waals surface area contributed by atoms with Gasteiger partial charge in [-0.05, 0) is 59.6 Å². The van der Waals surface area contributed by atoms with Gasteiger partial charge in [-0.15, -0.1) is 0 Å². The van der Waals surface area contributed by atoms with Gasteiger partial charge in [-0.1, -0.05) is 28.3 Å². The number of carbonyl (C=O) groups is 1. The van der Waals surface area contributed by atoms with Crippen molar-refractivity contribution >= 4 is 51.7 Å². The Morgan fingerprint density at radius 1 is 1.21 bits per heavy atom. The third-order valence-electron chi connectivity index (χ3n) is 5.57. The van der Waals surface area contributed by atoms with E-state index in [1.807, 2.05) is 24.3 Å². The summed E-state index contributed by atoms with van der Waals surface area (Å²) in [6.07, 6.45) is 4.64. The molecule has 0 saturated carbocycles. The molecule has 0 radical (unpaired) electrons. The van der Waals surface area contributed by atoms with Crippen molar-refractivity contribution < 1.29 is 13.6 Å². The van der Waals surface area contributed by atoms with Crippen LogP contribution in [-0.4, -0.2) is 27.4 Å². The Bertz CT molecular complexity index is 1680. The number of halogens is 3. The summed E-state index contributed by atoms with van der Waals surface area (Å²) in [6, 6.07) is 12.0. The van der Waals surface area contributed by atoms with Crippen LogP contribution < -0.4 is 10.6 Å². The first-order valence-electron chi connectivity index (χ1n) is 11.1. The molecule has 5 rings (SSSR count). The van der Waals surface area contributed by atoms with Crippen LogP contribution in [0.1, 0.15) is 22.1 Å². The molecule has 38 heavy (non-hydrogen) atoms. The SMILES string of the molecule is [N-]=[N+]=NC[C@@H](NC(=O)c1cc(-c2nc(Nc3ccc4occc4c3)ncc2Cl)c[nH]1)c1cc(F)cc(Cl)c1. The summed E-state index contributed by atoms with van der Waals surface area (Å²) in [5, 5.41) is 10.7. The fourth-order valence-electron chi connectivity index (χ4n) is 3.83. The van der Waals surface area contributed by atoms with Gasteiger partial charge in [0.25, 0.3) is 5.91 Å². The van der Waals surface area contributed by atoms with Gasteiger partial charge in [-0.3, -0.25) is 4.79 Å². The number of amides is 1. The lowest BCUT2D eigenvalue weighted by molar-refractivity contribution is 0.0933. The van der Waals surface area contributed by atoms with Crippen molar-refractivity contribution in [2.45, 2.75) is 6.04 Å². The number of azide groups is 1. The summed E-state index contributed by atoms with van der Waals surface area (Å²) < 4.78 is 19.2. The van der Waals surface area contributed by atoms with Gasteiger partial charge in [-0.2, -0.15) is 0 Å². The molecule has 0 bridgehead atoms. The average Bonchev–Trinajstić information content (AvgIpc) is 3.57. The Morgan fingerprint density at radius 3 is 2.89 bits per heavy atom. The van der Waals surface area contributed by atoms with Crippen LogP contribution >= 0.6 is 23.2 Å². The van der Waals surface area contributed by atoms with E-state index in [9.17, 15) is 9.18 Å². The van der Waals surface area contributed by atoms with Crippen LogP contribution in [0.3, 0.4) is 0 Å². The monoisotopic (exact) mass is 550 g/mol. The van der Waals surface area contributed by atoms with Crippen molar-refractivity contribution in [1.29, 1.82) is 0 Å². The topological polar surface area (TPSA) is 145 Å². The van der Waals surface area contributed by atoms with Gasteiger partial charge in [0.1, 0.15) is 17.1 Å². The zero-order valence-electron chi connectivity index (χ0n) is 19.3. The lowest BCUT2D eigenvalue weighted by atomic mass is 10.1. The van der Waals surface area contributed by atoms with Crippen LogP contribution in [0, 0.1) is 5.82 Å². The van der Waals surface area contributed by atoms with Crippen LogP contribution in [0.4, 0.5) is 16.0 Å². The van der Waals surface area contributed by atoms with Crippen LogP contribution in [-0.2, 0) is 0 Å². The zero-order valence-corrected chi connectivity index (χ0v) is 20.8. The first-order chi connectivity index (χ1) is 18.4. The van der Waals surface area contributed by atoms with Crippen LogP contribution in [0.15, 0.2) is 76.7 Å². The molecular formula is C25H17Cl2FN8O2. The van der Waals surface area contributed by atoms with Crippen molar-refractivity contribution in [2.24, 2.45) is 5.11 Å². The Kier molecular flexibility index (Phi) is 7.14. The Morgan fingerprint density at radius 2 is 2.08 bits per heavy atom. The van der Waals surface area contributed by atoms with Crippen molar-refractivity contribution in [3.63, 3.8) is 0 Å². The van der Waals surface area contributed by atoms with Crippen molar-refractivity contribution in [3.05, 3.63) is 105 Å². The molecule has 13 heteroatoms. The lowest BCUT2D eigenvalue weighted by Gasteiger charge is -2.17. The number of fused-ring (bicyclic) bond motifs is 1. The molecule has 3 N–H and O–H groups in total. The first kappa shape index (κ1) is 25.1. The van der Waals surface area contributed by atoms with Gasteiger partial charge in [-0.25, -0.2) is 14.4 Å².